The molecule has 0 spiro atoms. The highest BCUT2D eigenvalue weighted by Crippen LogP contribution is 2.24. The molecule has 2 aromatic rings. The molecule has 1 aliphatic rings. The van der Waals surface area contributed by atoms with Crippen LogP contribution in [0.1, 0.15) is 39.2 Å². The van der Waals surface area contributed by atoms with Crippen LogP contribution >= 0.6 is 0 Å². The number of amides is 2. The SMILES string of the molecule is CC(=O)N1CCCN(CC(C)C)CCN(C(=O)CCn2ccnc2)Cc2ccccc21. The van der Waals surface area contributed by atoms with Crippen LogP contribution in [-0.4, -0.2) is 63.9 Å². The number of anilines is 1. The molecule has 0 saturated carbocycles. The number of nitrogens with zero attached hydrogens (tertiary/aromatic N) is 5. The van der Waals surface area contributed by atoms with Gasteiger partial charge >= 0.3 is 0 Å². The molecule has 0 bridgehead atoms. The number of para-hydroxylation sites is 1. The Balaban J connectivity index is 1.84. The molecule has 3 rings (SSSR count). The van der Waals surface area contributed by atoms with Crippen molar-refractivity contribution in [1.82, 2.24) is 19.4 Å². The van der Waals surface area contributed by atoms with Crippen molar-refractivity contribution in [3.63, 3.8) is 0 Å². The summed E-state index contributed by atoms with van der Waals surface area (Å²) in [7, 11) is 0. The Kier molecular flexibility index (Phi) is 8.23. The summed E-state index contributed by atoms with van der Waals surface area (Å²) in [5.74, 6) is 0.721. The number of rotatable bonds is 5. The number of carbonyl (C=O) groups excluding carboxylic acids is 2. The molecular formula is C24H35N5O2. The van der Waals surface area contributed by atoms with E-state index in [0.29, 0.717) is 38.5 Å². The van der Waals surface area contributed by atoms with Crippen molar-refractivity contribution in [2.45, 2.75) is 46.7 Å². The van der Waals surface area contributed by atoms with Crippen molar-refractivity contribution in [3.05, 3.63) is 48.5 Å². The molecule has 0 aliphatic carbocycles. The summed E-state index contributed by atoms with van der Waals surface area (Å²) >= 11 is 0. The lowest BCUT2D eigenvalue weighted by atomic mass is 10.1. The normalized spacial score (nSPS) is 16.1. The van der Waals surface area contributed by atoms with Crippen LogP contribution in [0, 0.1) is 5.92 Å². The summed E-state index contributed by atoms with van der Waals surface area (Å²) in [5.41, 5.74) is 1.94. The number of fused-ring (bicyclic) bond motifs is 1. The predicted molar refractivity (Wildman–Crippen MR) is 123 cm³/mol. The molecule has 0 fully saturated rings. The summed E-state index contributed by atoms with van der Waals surface area (Å²) in [5, 5.41) is 0. The van der Waals surface area contributed by atoms with Crippen LogP contribution in [0.4, 0.5) is 5.69 Å². The standard InChI is InChI=1S/C24H35N5O2/c1-20(2)17-26-11-6-12-29(21(3)30)23-8-5-4-7-22(23)18-28(16-15-26)24(31)9-13-27-14-10-25-19-27/h4-5,7-8,10,14,19-20H,6,9,11-13,15-18H2,1-3H3. The maximum atomic E-state index is 13.2. The second kappa shape index (κ2) is 11.1. The van der Waals surface area contributed by atoms with E-state index in [2.05, 4.69) is 23.7 Å². The van der Waals surface area contributed by atoms with E-state index < -0.39 is 0 Å². The van der Waals surface area contributed by atoms with Gasteiger partial charge in [-0.25, -0.2) is 4.98 Å². The Morgan fingerprint density at radius 1 is 1.10 bits per heavy atom. The average Bonchev–Trinajstić information content (AvgIpc) is 3.24. The number of aryl methyl sites for hydroxylation is 1. The second-order valence-electron chi connectivity index (χ2n) is 8.71. The molecule has 0 unspecified atom stereocenters. The Labute approximate surface area is 185 Å². The van der Waals surface area contributed by atoms with Gasteiger partial charge in [-0.1, -0.05) is 32.0 Å². The van der Waals surface area contributed by atoms with Gasteiger partial charge in [-0.15, -0.1) is 0 Å². The fourth-order valence-electron chi connectivity index (χ4n) is 4.18. The number of hydrogen-bond acceptors (Lipinski definition) is 4. The fraction of sp³-hybridized carbons (Fsp3) is 0.542. The van der Waals surface area contributed by atoms with Crippen LogP contribution in [0.15, 0.2) is 43.0 Å². The molecule has 2 amide bonds. The van der Waals surface area contributed by atoms with Crippen LogP contribution in [-0.2, 0) is 22.7 Å². The van der Waals surface area contributed by atoms with Crippen molar-refractivity contribution >= 4 is 17.5 Å². The van der Waals surface area contributed by atoms with Gasteiger partial charge in [0.2, 0.25) is 11.8 Å². The van der Waals surface area contributed by atoms with Crippen molar-refractivity contribution < 1.29 is 9.59 Å². The number of imidazole rings is 1. The number of benzene rings is 1. The Bertz CT molecular complexity index is 849. The van der Waals surface area contributed by atoms with E-state index in [-0.39, 0.29) is 11.8 Å². The van der Waals surface area contributed by atoms with Gasteiger partial charge in [0.25, 0.3) is 0 Å². The van der Waals surface area contributed by atoms with Gasteiger partial charge < -0.3 is 19.3 Å². The van der Waals surface area contributed by atoms with Crippen LogP contribution in [0.5, 0.6) is 0 Å². The van der Waals surface area contributed by atoms with Crippen LogP contribution in [0.2, 0.25) is 0 Å². The Morgan fingerprint density at radius 3 is 2.61 bits per heavy atom. The third-order valence-electron chi connectivity index (χ3n) is 5.69. The average molecular weight is 426 g/mol. The fourth-order valence-corrected chi connectivity index (χ4v) is 4.18. The third-order valence-corrected chi connectivity index (χ3v) is 5.69. The highest BCUT2D eigenvalue weighted by molar-refractivity contribution is 5.92. The Hall–Kier alpha value is -2.67. The van der Waals surface area contributed by atoms with Gasteiger partial charge in [-0.2, -0.15) is 0 Å². The zero-order valence-corrected chi connectivity index (χ0v) is 19.0. The number of carbonyl (C=O) groups is 2. The predicted octanol–water partition coefficient (Wildman–Crippen LogP) is 3.02. The van der Waals surface area contributed by atoms with Gasteiger partial charge in [-0.05, 0) is 30.5 Å². The van der Waals surface area contributed by atoms with E-state index in [1.807, 2.05) is 44.8 Å². The summed E-state index contributed by atoms with van der Waals surface area (Å²) in [6, 6.07) is 7.97. The molecule has 7 heteroatoms. The molecule has 1 aromatic carbocycles. The summed E-state index contributed by atoms with van der Waals surface area (Å²) in [4.78, 5) is 35.9. The maximum Gasteiger partial charge on any atom is 0.224 e. The van der Waals surface area contributed by atoms with E-state index in [0.717, 1.165) is 37.3 Å². The summed E-state index contributed by atoms with van der Waals surface area (Å²) < 4.78 is 1.93. The molecule has 7 nitrogen and oxygen atoms in total. The van der Waals surface area contributed by atoms with Gasteiger partial charge in [0, 0.05) is 70.7 Å². The monoisotopic (exact) mass is 425 g/mol. The van der Waals surface area contributed by atoms with E-state index in [1.165, 1.54) is 0 Å². The summed E-state index contributed by atoms with van der Waals surface area (Å²) in [6.07, 6.45) is 6.69. The molecule has 1 aliphatic heterocycles. The Morgan fingerprint density at radius 2 is 1.90 bits per heavy atom. The largest absolute Gasteiger partial charge is 0.337 e. The van der Waals surface area contributed by atoms with Gasteiger partial charge in [-0.3, -0.25) is 9.59 Å². The van der Waals surface area contributed by atoms with Crippen molar-refractivity contribution in [2.24, 2.45) is 5.92 Å². The highest BCUT2D eigenvalue weighted by Gasteiger charge is 2.22. The first kappa shape index (κ1) is 23.0. The molecule has 1 aromatic heterocycles. The molecule has 0 N–H and O–H groups in total. The van der Waals surface area contributed by atoms with E-state index in [9.17, 15) is 9.59 Å². The zero-order chi connectivity index (χ0) is 22.2. The van der Waals surface area contributed by atoms with Crippen molar-refractivity contribution in [2.75, 3.05) is 37.6 Å². The number of hydrogen-bond donors (Lipinski definition) is 0. The molecule has 0 radical (unpaired) electrons. The van der Waals surface area contributed by atoms with Crippen LogP contribution in [0.25, 0.3) is 0 Å². The molecule has 0 saturated heterocycles. The van der Waals surface area contributed by atoms with Gasteiger partial charge in [0.1, 0.15) is 0 Å². The van der Waals surface area contributed by atoms with Gasteiger partial charge in [0.15, 0.2) is 0 Å². The third kappa shape index (κ3) is 6.66. The van der Waals surface area contributed by atoms with Crippen molar-refractivity contribution in [1.29, 1.82) is 0 Å². The van der Waals surface area contributed by atoms with Crippen molar-refractivity contribution in [3.8, 4) is 0 Å². The first-order valence-electron chi connectivity index (χ1n) is 11.3. The molecule has 0 atom stereocenters. The molecule has 31 heavy (non-hydrogen) atoms. The first-order chi connectivity index (χ1) is 14.9. The summed E-state index contributed by atoms with van der Waals surface area (Å²) in [6.45, 7) is 11.3. The van der Waals surface area contributed by atoms with Crippen LogP contribution < -0.4 is 4.90 Å². The van der Waals surface area contributed by atoms with E-state index >= 15 is 0 Å². The first-order valence-corrected chi connectivity index (χ1v) is 11.3. The molecular weight excluding hydrogens is 390 g/mol. The van der Waals surface area contributed by atoms with Crippen LogP contribution in [0.3, 0.4) is 0 Å². The minimum Gasteiger partial charge on any atom is -0.337 e. The zero-order valence-electron chi connectivity index (χ0n) is 19.0. The number of aromatic nitrogens is 2. The van der Waals surface area contributed by atoms with E-state index in [4.69, 9.17) is 0 Å². The molecule has 2 heterocycles. The smallest absolute Gasteiger partial charge is 0.224 e. The van der Waals surface area contributed by atoms with E-state index in [1.54, 1.807) is 19.4 Å². The minimum atomic E-state index is 0.0418. The second-order valence-corrected chi connectivity index (χ2v) is 8.71. The molecule has 168 valence electrons. The quantitative estimate of drug-likeness (QED) is 0.739. The lowest BCUT2D eigenvalue weighted by molar-refractivity contribution is -0.132. The maximum absolute atomic E-state index is 13.2. The minimum absolute atomic E-state index is 0.0418. The lowest BCUT2D eigenvalue weighted by Crippen LogP contribution is -2.40. The topological polar surface area (TPSA) is 61.7 Å². The lowest BCUT2D eigenvalue weighted by Gasteiger charge is -2.29. The highest BCUT2D eigenvalue weighted by atomic mass is 16.2. The van der Waals surface area contributed by atoms with Gasteiger partial charge in [0.05, 0.1) is 6.33 Å².